The van der Waals surface area contributed by atoms with Gasteiger partial charge in [0.15, 0.2) is 11.0 Å². The van der Waals surface area contributed by atoms with Crippen molar-refractivity contribution >= 4 is 46.0 Å². The van der Waals surface area contributed by atoms with Gasteiger partial charge in [-0.15, -0.1) is 32.9 Å². The van der Waals surface area contributed by atoms with Crippen molar-refractivity contribution < 1.29 is 4.79 Å². The molecule has 9 heteroatoms. The summed E-state index contributed by atoms with van der Waals surface area (Å²) in [5.41, 5.74) is 4.51. The predicted molar refractivity (Wildman–Crippen MR) is 140 cm³/mol. The molecule has 3 aromatic heterocycles. The average molecular weight is 504 g/mol. The van der Waals surface area contributed by atoms with Gasteiger partial charge in [-0.3, -0.25) is 9.36 Å². The molecule has 2 aromatic carbocycles. The molecule has 1 N–H and O–H groups in total. The number of rotatable bonds is 7. The number of aryl methyl sites for hydroxylation is 2. The molecule has 0 bridgehead atoms. The Morgan fingerprint density at radius 1 is 1.00 bits per heavy atom. The number of hydrogen-bond donors (Lipinski definition) is 1. The number of benzene rings is 2. The van der Waals surface area contributed by atoms with Gasteiger partial charge in [-0.05, 0) is 55.1 Å². The van der Waals surface area contributed by atoms with Crippen LogP contribution in [-0.4, -0.2) is 25.7 Å². The van der Waals surface area contributed by atoms with E-state index in [0.717, 1.165) is 37.8 Å². The molecule has 0 aliphatic rings. The second kappa shape index (κ2) is 9.92. The van der Waals surface area contributed by atoms with Crippen molar-refractivity contribution in [2.75, 3.05) is 5.32 Å². The Hall–Kier alpha value is -3.27. The van der Waals surface area contributed by atoms with E-state index in [9.17, 15) is 4.79 Å². The summed E-state index contributed by atoms with van der Waals surface area (Å²) in [5.74, 6) is 1.20. The fourth-order valence-electron chi connectivity index (χ4n) is 3.37. The Labute approximate surface area is 209 Å². The Kier molecular flexibility index (Phi) is 6.57. The molecular weight excluding hydrogens is 483 g/mol. The van der Waals surface area contributed by atoms with Gasteiger partial charge in [0.2, 0.25) is 0 Å². The van der Waals surface area contributed by atoms with Crippen LogP contribution in [0.1, 0.15) is 26.6 Å². The number of hydrogen-bond acceptors (Lipinski definition) is 7. The van der Waals surface area contributed by atoms with E-state index in [2.05, 4.69) is 56.3 Å². The fourth-order valence-corrected chi connectivity index (χ4v) is 5.81. The number of amides is 1. The summed E-state index contributed by atoms with van der Waals surface area (Å²) in [6.07, 6.45) is 0. The molecule has 6 nitrogen and oxygen atoms in total. The van der Waals surface area contributed by atoms with E-state index >= 15 is 0 Å². The molecule has 0 saturated carbocycles. The minimum atomic E-state index is -0.209. The third kappa shape index (κ3) is 4.96. The molecule has 0 radical (unpaired) electrons. The van der Waals surface area contributed by atoms with E-state index in [1.54, 1.807) is 28.5 Å². The smallest absolute Gasteiger partial charge is 0.275 e. The third-order valence-corrected chi connectivity index (χ3v) is 7.89. The first kappa shape index (κ1) is 22.5. The average Bonchev–Trinajstić information content (AvgIpc) is 3.59. The summed E-state index contributed by atoms with van der Waals surface area (Å²) in [5, 5.41) is 17.3. The molecule has 0 atom stereocenters. The van der Waals surface area contributed by atoms with Crippen LogP contribution in [0.5, 0.6) is 0 Å². The van der Waals surface area contributed by atoms with Crippen LogP contribution in [-0.2, 0) is 5.75 Å². The summed E-state index contributed by atoms with van der Waals surface area (Å²) in [6.45, 7) is 4.09. The lowest BCUT2D eigenvalue weighted by Crippen LogP contribution is -2.12. The number of nitrogens with zero attached hydrogens (tertiary/aromatic N) is 4. The van der Waals surface area contributed by atoms with E-state index in [-0.39, 0.29) is 5.91 Å². The molecule has 5 aromatic rings. The standard InChI is InChI=1S/C25H21N5OS3/c1-16-8-10-18(11-9-16)26-24(31)20-14-33-22(27-20)15-34-25-29-28-23(21-7-4-12-32-21)30(25)19-6-3-5-17(2)13-19/h3-14H,15H2,1-2H3,(H,26,31). The highest BCUT2D eigenvalue weighted by Gasteiger charge is 2.18. The lowest BCUT2D eigenvalue weighted by molar-refractivity contribution is 0.102. The van der Waals surface area contributed by atoms with Crippen LogP contribution in [0.25, 0.3) is 16.4 Å². The third-order valence-electron chi connectivity index (χ3n) is 5.05. The highest BCUT2D eigenvalue weighted by molar-refractivity contribution is 7.98. The minimum absolute atomic E-state index is 0.209. The van der Waals surface area contributed by atoms with Crippen LogP contribution >= 0.6 is 34.4 Å². The monoisotopic (exact) mass is 503 g/mol. The van der Waals surface area contributed by atoms with Crippen LogP contribution in [0.3, 0.4) is 0 Å². The SMILES string of the molecule is Cc1ccc(NC(=O)c2csc(CSc3nnc(-c4cccs4)n3-c3cccc(C)c3)n2)cc1. The maximum atomic E-state index is 12.6. The van der Waals surface area contributed by atoms with Gasteiger partial charge in [-0.25, -0.2) is 4.98 Å². The lowest BCUT2D eigenvalue weighted by Gasteiger charge is -2.10. The quantitative estimate of drug-likeness (QED) is 0.253. The summed E-state index contributed by atoms with van der Waals surface area (Å²) in [6, 6.07) is 20.1. The van der Waals surface area contributed by atoms with Gasteiger partial charge in [0.25, 0.3) is 5.91 Å². The zero-order valence-corrected chi connectivity index (χ0v) is 21.0. The van der Waals surface area contributed by atoms with Crippen molar-refractivity contribution in [3.63, 3.8) is 0 Å². The number of aromatic nitrogens is 4. The Morgan fingerprint density at radius 2 is 1.85 bits per heavy atom. The topological polar surface area (TPSA) is 72.7 Å². The largest absolute Gasteiger partial charge is 0.321 e. The summed E-state index contributed by atoms with van der Waals surface area (Å²) < 4.78 is 2.09. The Bertz CT molecular complexity index is 1420. The predicted octanol–water partition coefficient (Wildman–Crippen LogP) is 6.61. The van der Waals surface area contributed by atoms with Gasteiger partial charge < -0.3 is 5.32 Å². The number of carbonyl (C=O) groups excluding carboxylic acids is 1. The van der Waals surface area contributed by atoms with Crippen LogP contribution in [0.2, 0.25) is 0 Å². The van der Waals surface area contributed by atoms with Crippen LogP contribution in [0.4, 0.5) is 5.69 Å². The summed E-state index contributed by atoms with van der Waals surface area (Å²) >= 11 is 4.67. The fraction of sp³-hybridized carbons (Fsp3) is 0.120. The summed E-state index contributed by atoms with van der Waals surface area (Å²) in [7, 11) is 0. The minimum Gasteiger partial charge on any atom is -0.321 e. The molecule has 34 heavy (non-hydrogen) atoms. The second-order valence-electron chi connectivity index (χ2n) is 7.69. The highest BCUT2D eigenvalue weighted by atomic mass is 32.2. The van der Waals surface area contributed by atoms with Crippen molar-refractivity contribution in [2.24, 2.45) is 0 Å². The number of thiazole rings is 1. The molecule has 0 unspecified atom stereocenters. The lowest BCUT2D eigenvalue weighted by atomic mass is 10.2. The van der Waals surface area contributed by atoms with E-state index in [1.807, 2.05) is 48.7 Å². The van der Waals surface area contributed by atoms with Gasteiger partial charge in [0.1, 0.15) is 10.7 Å². The zero-order valence-electron chi connectivity index (χ0n) is 18.6. The number of thioether (sulfide) groups is 1. The Morgan fingerprint density at radius 3 is 2.62 bits per heavy atom. The van der Waals surface area contributed by atoms with E-state index in [4.69, 9.17) is 0 Å². The second-order valence-corrected chi connectivity index (χ2v) is 10.5. The van der Waals surface area contributed by atoms with Gasteiger partial charge >= 0.3 is 0 Å². The van der Waals surface area contributed by atoms with Crippen LogP contribution < -0.4 is 5.32 Å². The van der Waals surface area contributed by atoms with Crippen LogP contribution in [0, 0.1) is 13.8 Å². The molecule has 5 rings (SSSR count). The van der Waals surface area contributed by atoms with Gasteiger partial charge in [-0.2, -0.15) is 0 Å². The molecule has 0 spiro atoms. The number of anilines is 1. The van der Waals surface area contributed by atoms with Gasteiger partial charge in [0.05, 0.1) is 16.3 Å². The molecule has 3 heterocycles. The molecule has 1 amide bonds. The molecule has 0 fully saturated rings. The number of nitrogens with one attached hydrogen (secondary N) is 1. The van der Waals surface area contributed by atoms with Gasteiger partial charge in [-0.1, -0.05) is 47.7 Å². The first-order valence-electron chi connectivity index (χ1n) is 10.6. The van der Waals surface area contributed by atoms with Crippen molar-refractivity contribution in [1.29, 1.82) is 0 Å². The zero-order chi connectivity index (χ0) is 23.5. The highest BCUT2D eigenvalue weighted by Crippen LogP contribution is 2.32. The molecule has 0 saturated heterocycles. The Balaban J connectivity index is 1.34. The van der Waals surface area contributed by atoms with Gasteiger partial charge in [0, 0.05) is 11.1 Å². The molecule has 0 aliphatic carbocycles. The maximum absolute atomic E-state index is 12.6. The van der Waals surface area contributed by atoms with E-state index in [1.165, 1.54) is 16.9 Å². The van der Waals surface area contributed by atoms with Crippen molar-refractivity contribution in [1.82, 2.24) is 19.7 Å². The normalized spacial score (nSPS) is 11.0. The van der Waals surface area contributed by atoms with Crippen molar-refractivity contribution in [3.8, 4) is 16.4 Å². The first-order chi connectivity index (χ1) is 16.6. The molecule has 170 valence electrons. The maximum Gasteiger partial charge on any atom is 0.275 e. The van der Waals surface area contributed by atoms with Crippen molar-refractivity contribution in [2.45, 2.75) is 24.8 Å². The van der Waals surface area contributed by atoms with E-state index in [0.29, 0.717) is 11.4 Å². The number of thiophene rings is 1. The summed E-state index contributed by atoms with van der Waals surface area (Å²) in [4.78, 5) is 18.2. The molecule has 0 aliphatic heterocycles. The molecular formula is C25H21N5OS3. The van der Waals surface area contributed by atoms with E-state index < -0.39 is 0 Å². The first-order valence-corrected chi connectivity index (χ1v) is 13.3. The van der Waals surface area contributed by atoms with Crippen LogP contribution in [0.15, 0.2) is 76.6 Å². The number of carbonyl (C=O) groups is 1. The van der Waals surface area contributed by atoms with Crippen molar-refractivity contribution in [3.05, 3.63) is 93.3 Å².